The molecule has 0 aliphatic carbocycles. The highest BCUT2D eigenvalue weighted by Crippen LogP contribution is 2.30. The summed E-state index contributed by atoms with van der Waals surface area (Å²) in [5, 5.41) is 3.31. The molecule has 3 atom stereocenters. The molecule has 2 aliphatic rings. The van der Waals surface area contributed by atoms with Crippen LogP contribution in [0.25, 0.3) is 11.1 Å². The first-order valence-electron chi connectivity index (χ1n) is 9.10. The molecule has 0 saturated carbocycles. The molecule has 0 radical (unpaired) electrons. The predicted octanol–water partition coefficient (Wildman–Crippen LogP) is 3.57. The molecule has 2 fully saturated rings. The van der Waals surface area contributed by atoms with E-state index < -0.39 is 10.8 Å². The van der Waals surface area contributed by atoms with E-state index in [1.807, 2.05) is 37.3 Å². The van der Waals surface area contributed by atoms with Crippen LogP contribution >= 0.6 is 0 Å². The molecular weight excluding hydrogens is 346 g/mol. The molecule has 4 rings (SSSR count). The number of pyridine rings is 1. The number of urea groups is 1. The van der Waals surface area contributed by atoms with Crippen molar-refractivity contribution in [3.8, 4) is 11.1 Å². The van der Waals surface area contributed by atoms with Crippen molar-refractivity contribution in [2.24, 2.45) is 0 Å². The minimum absolute atomic E-state index is 0.128. The van der Waals surface area contributed by atoms with Crippen LogP contribution in [0.2, 0.25) is 0 Å². The fraction of sp³-hybridized carbons (Fsp3) is 0.400. The van der Waals surface area contributed by atoms with Crippen molar-refractivity contribution >= 4 is 22.6 Å². The zero-order valence-electron chi connectivity index (χ0n) is 14.9. The summed E-state index contributed by atoms with van der Waals surface area (Å²) >= 11 is 0. The second kappa shape index (κ2) is 7.19. The zero-order valence-corrected chi connectivity index (χ0v) is 15.7. The fourth-order valence-corrected chi connectivity index (χ4v) is 5.81. The minimum Gasteiger partial charge on any atom is -0.323 e. The van der Waals surface area contributed by atoms with Crippen molar-refractivity contribution in [1.82, 2.24) is 9.88 Å². The maximum Gasteiger partial charge on any atom is 0.323 e. The monoisotopic (exact) mass is 369 g/mol. The highest BCUT2D eigenvalue weighted by molar-refractivity contribution is 7.86. The lowest BCUT2D eigenvalue weighted by Gasteiger charge is -2.24. The normalized spacial score (nSPS) is 25.0. The van der Waals surface area contributed by atoms with Crippen LogP contribution in [0.15, 0.2) is 42.5 Å². The topological polar surface area (TPSA) is 62.3 Å². The van der Waals surface area contributed by atoms with Gasteiger partial charge in [0.15, 0.2) is 0 Å². The quantitative estimate of drug-likeness (QED) is 0.880. The van der Waals surface area contributed by atoms with Crippen LogP contribution in [0.3, 0.4) is 0 Å². The van der Waals surface area contributed by atoms with Gasteiger partial charge in [-0.25, -0.2) is 9.78 Å². The lowest BCUT2D eigenvalue weighted by atomic mass is 10.0. The highest BCUT2D eigenvalue weighted by Gasteiger charge is 2.38. The number of likely N-dealkylation sites (tertiary alicyclic amines) is 1. The summed E-state index contributed by atoms with van der Waals surface area (Å²) in [4.78, 5) is 19.0. The molecule has 2 saturated heterocycles. The van der Waals surface area contributed by atoms with Crippen LogP contribution < -0.4 is 5.32 Å². The van der Waals surface area contributed by atoms with E-state index in [4.69, 9.17) is 0 Å². The van der Waals surface area contributed by atoms with Crippen molar-refractivity contribution in [2.45, 2.75) is 36.7 Å². The van der Waals surface area contributed by atoms with Crippen LogP contribution in [-0.4, -0.2) is 43.7 Å². The van der Waals surface area contributed by atoms with Gasteiger partial charge in [0.25, 0.3) is 0 Å². The molecule has 1 N–H and O–H groups in total. The van der Waals surface area contributed by atoms with E-state index in [2.05, 4.69) is 22.4 Å². The second-order valence-electron chi connectivity index (χ2n) is 7.01. The maximum atomic E-state index is 12.6. The number of aromatic nitrogens is 1. The van der Waals surface area contributed by atoms with Crippen molar-refractivity contribution in [1.29, 1.82) is 0 Å². The summed E-state index contributed by atoms with van der Waals surface area (Å²) in [5.74, 6) is 0.558. The number of amides is 2. The van der Waals surface area contributed by atoms with E-state index in [0.717, 1.165) is 36.1 Å². The number of anilines is 1. The van der Waals surface area contributed by atoms with Crippen LogP contribution in [0, 0.1) is 6.92 Å². The average molecular weight is 369 g/mol. The highest BCUT2D eigenvalue weighted by atomic mass is 32.2. The number of nitrogens with one attached hydrogen (secondary N) is 1. The van der Waals surface area contributed by atoms with E-state index in [9.17, 15) is 9.00 Å². The van der Waals surface area contributed by atoms with E-state index in [1.54, 1.807) is 4.90 Å². The molecule has 2 aliphatic heterocycles. The van der Waals surface area contributed by atoms with Crippen molar-refractivity contribution < 1.29 is 9.00 Å². The summed E-state index contributed by atoms with van der Waals surface area (Å²) in [6, 6.07) is 13.8. The van der Waals surface area contributed by atoms with Crippen LogP contribution in [-0.2, 0) is 10.8 Å². The molecule has 3 heterocycles. The summed E-state index contributed by atoms with van der Waals surface area (Å²) in [7, 11) is -0.785. The fourth-order valence-electron chi connectivity index (χ4n) is 3.86. The van der Waals surface area contributed by atoms with Crippen LogP contribution in [0.4, 0.5) is 10.6 Å². The Balaban J connectivity index is 1.46. The lowest BCUT2D eigenvalue weighted by molar-refractivity contribution is 0.209. The Morgan fingerprint density at radius 1 is 1.12 bits per heavy atom. The van der Waals surface area contributed by atoms with Gasteiger partial charge < -0.3 is 4.90 Å². The Morgan fingerprint density at radius 2 is 1.88 bits per heavy atom. The number of fused-ring (bicyclic) bond motifs is 2. The number of hydrogen-bond donors (Lipinski definition) is 1. The number of benzene rings is 1. The molecule has 2 bridgehead atoms. The maximum absolute atomic E-state index is 12.6. The lowest BCUT2D eigenvalue weighted by Crippen LogP contribution is -2.40. The Hall–Kier alpha value is -2.21. The molecule has 136 valence electrons. The van der Waals surface area contributed by atoms with Gasteiger partial charge in [0, 0.05) is 40.4 Å². The van der Waals surface area contributed by atoms with Gasteiger partial charge in [-0.15, -0.1) is 0 Å². The second-order valence-corrected chi connectivity index (χ2v) is 9.00. The molecule has 5 nitrogen and oxygen atoms in total. The Morgan fingerprint density at radius 3 is 2.65 bits per heavy atom. The molecule has 2 amide bonds. The van der Waals surface area contributed by atoms with Gasteiger partial charge >= 0.3 is 6.03 Å². The molecule has 0 spiro atoms. The molecule has 3 unspecified atom stereocenters. The molecule has 6 heteroatoms. The summed E-state index contributed by atoms with van der Waals surface area (Å²) in [6.45, 7) is 3.20. The number of nitrogens with zero attached hydrogens (tertiary/aromatic N) is 2. The van der Waals surface area contributed by atoms with Gasteiger partial charge in [-0.2, -0.15) is 0 Å². The number of rotatable bonds is 2. The summed E-state index contributed by atoms with van der Waals surface area (Å²) in [5.41, 5.74) is 3.05. The molecule has 1 aromatic heterocycles. The van der Waals surface area contributed by atoms with E-state index >= 15 is 0 Å². The Bertz CT molecular complexity index is 840. The summed E-state index contributed by atoms with van der Waals surface area (Å²) in [6.07, 6.45) is 2.83. The Labute approximate surface area is 156 Å². The number of carbonyl (C=O) groups excluding carboxylic acids is 1. The number of hydrogen-bond acceptors (Lipinski definition) is 3. The first-order valence-corrected chi connectivity index (χ1v) is 10.4. The number of aryl methyl sites for hydroxylation is 1. The van der Waals surface area contributed by atoms with Crippen LogP contribution in [0.1, 0.15) is 25.0 Å². The first-order chi connectivity index (χ1) is 12.6. The van der Waals surface area contributed by atoms with E-state index in [1.165, 1.54) is 0 Å². The van der Waals surface area contributed by atoms with Gasteiger partial charge in [0.2, 0.25) is 0 Å². The van der Waals surface area contributed by atoms with Crippen molar-refractivity contribution in [2.75, 3.05) is 18.4 Å². The SMILES string of the molecule is Cc1nc(NC(=O)N2CCC3CCC(C2)S3=O)ccc1-c1ccccc1. The third-order valence-electron chi connectivity index (χ3n) is 5.31. The van der Waals surface area contributed by atoms with Gasteiger partial charge in [-0.05, 0) is 43.9 Å². The molecular formula is C20H23N3O2S. The minimum atomic E-state index is -0.785. The third-order valence-corrected chi connectivity index (χ3v) is 7.48. The molecule has 2 aromatic rings. The first kappa shape index (κ1) is 17.2. The predicted molar refractivity (Wildman–Crippen MR) is 105 cm³/mol. The largest absolute Gasteiger partial charge is 0.323 e. The third kappa shape index (κ3) is 3.38. The standard InChI is InChI=1S/C20H23N3O2S/c1-14-18(15-5-3-2-4-6-15)9-10-19(21-14)22-20(24)23-12-11-16-7-8-17(13-23)26(16)25/h2-6,9-10,16-17H,7-8,11-13H2,1H3,(H,21,22,24). The van der Waals surface area contributed by atoms with E-state index in [-0.39, 0.29) is 16.5 Å². The van der Waals surface area contributed by atoms with Crippen LogP contribution in [0.5, 0.6) is 0 Å². The smallest absolute Gasteiger partial charge is 0.323 e. The summed E-state index contributed by atoms with van der Waals surface area (Å²) < 4.78 is 12.3. The molecule has 1 aromatic carbocycles. The van der Waals surface area contributed by atoms with Gasteiger partial charge in [-0.1, -0.05) is 30.3 Å². The van der Waals surface area contributed by atoms with Crippen molar-refractivity contribution in [3.63, 3.8) is 0 Å². The van der Waals surface area contributed by atoms with Gasteiger partial charge in [0.05, 0.1) is 5.25 Å². The Kier molecular flexibility index (Phi) is 4.76. The zero-order chi connectivity index (χ0) is 18.1. The van der Waals surface area contributed by atoms with Gasteiger partial charge in [-0.3, -0.25) is 9.53 Å². The molecule has 26 heavy (non-hydrogen) atoms. The van der Waals surface area contributed by atoms with Crippen molar-refractivity contribution in [3.05, 3.63) is 48.2 Å². The van der Waals surface area contributed by atoms with E-state index in [0.29, 0.717) is 18.9 Å². The number of carbonyl (C=O) groups is 1. The van der Waals surface area contributed by atoms with Gasteiger partial charge in [0.1, 0.15) is 5.82 Å². The average Bonchev–Trinajstić information content (AvgIpc) is 2.88.